The lowest BCUT2D eigenvalue weighted by molar-refractivity contribution is -0.133. The number of benzene rings is 1. The lowest BCUT2D eigenvalue weighted by Crippen LogP contribution is -2.31. The van der Waals surface area contributed by atoms with Crippen LogP contribution in [0.25, 0.3) is 0 Å². The third kappa shape index (κ3) is 3.37. The summed E-state index contributed by atoms with van der Waals surface area (Å²) in [6, 6.07) is 4.67. The van der Waals surface area contributed by atoms with E-state index in [2.05, 4.69) is 0 Å². The quantitative estimate of drug-likeness (QED) is 0.666. The minimum Gasteiger partial charge on any atom is -0.452 e. The molecular weight excluding hydrogens is 256 g/mol. The molecule has 1 amide bonds. The molecule has 0 spiro atoms. The van der Waals surface area contributed by atoms with Crippen LogP contribution in [0.2, 0.25) is 5.02 Å². The van der Waals surface area contributed by atoms with Gasteiger partial charge in [0.25, 0.3) is 5.91 Å². The van der Waals surface area contributed by atoms with Gasteiger partial charge in [0.15, 0.2) is 6.61 Å². The summed E-state index contributed by atoms with van der Waals surface area (Å²) in [5.74, 6) is -0.934. The zero-order chi connectivity index (χ0) is 13.7. The summed E-state index contributed by atoms with van der Waals surface area (Å²) in [4.78, 5) is 24.6. The van der Waals surface area contributed by atoms with Crippen molar-refractivity contribution in [2.45, 2.75) is 6.92 Å². The lowest BCUT2D eigenvalue weighted by Gasteiger charge is -2.14. The van der Waals surface area contributed by atoms with Gasteiger partial charge in [0.1, 0.15) is 0 Å². The topological polar surface area (TPSA) is 72.6 Å². The summed E-state index contributed by atoms with van der Waals surface area (Å²) in [5, 5.41) is 0.138. The highest BCUT2D eigenvalue weighted by atomic mass is 35.5. The number of hydrogen-bond acceptors (Lipinski definition) is 4. The number of esters is 1. The van der Waals surface area contributed by atoms with Gasteiger partial charge in [-0.2, -0.15) is 0 Å². The summed E-state index contributed by atoms with van der Waals surface area (Å²) in [6.07, 6.45) is 0. The fourth-order valence-corrected chi connectivity index (χ4v) is 1.40. The number of amides is 1. The molecule has 0 heterocycles. The van der Waals surface area contributed by atoms with E-state index in [0.717, 1.165) is 0 Å². The Morgan fingerprint density at radius 2 is 2.11 bits per heavy atom. The van der Waals surface area contributed by atoms with Crippen molar-refractivity contribution in [3.05, 3.63) is 28.8 Å². The van der Waals surface area contributed by atoms with Crippen LogP contribution in [0, 0.1) is 0 Å². The molecule has 0 bridgehead atoms. The van der Waals surface area contributed by atoms with Crippen molar-refractivity contribution < 1.29 is 14.3 Å². The van der Waals surface area contributed by atoms with Crippen molar-refractivity contribution in [2.75, 3.05) is 25.9 Å². The van der Waals surface area contributed by atoms with Crippen LogP contribution in [-0.4, -0.2) is 37.0 Å². The molecule has 5 nitrogen and oxygen atoms in total. The third-order valence-corrected chi connectivity index (χ3v) is 2.90. The molecule has 0 saturated heterocycles. The van der Waals surface area contributed by atoms with Crippen LogP contribution in [0.3, 0.4) is 0 Å². The Bertz CT molecular complexity index is 463. The van der Waals surface area contributed by atoms with E-state index in [-0.39, 0.29) is 23.1 Å². The first-order valence-corrected chi connectivity index (χ1v) is 5.80. The maximum Gasteiger partial charge on any atom is 0.340 e. The molecule has 0 fully saturated rings. The van der Waals surface area contributed by atoms with Crippen molar-refractivity contribution in [3.8, 4) is 0 Å². The molecule has 2 N–H and O–H groups in total. The fraction of sp³-hybridized carbons (Fsp3) is 0.333. The highest BCUT2D eigenvalue weighted by Gasteiger charge is 2.16. The van der Waals surface area contributed by atoms with E-state index in [1.807, 2.05) is 6.92 Å². The molecule has 0 saturated carbocycles. The number of hydrogen-bond donors (Lipinski definition) is 1. The van der Waals surface area contributed by atoms with Crippen LogP contribution in [0.5, 0.6) is 0 Å². The van der Waals surface area contributed by atoms with Crippen LogP contribution < -0.4 is 5.73 Å². The van der Waals surface area contributed by atoms with E-state index in [1.165, 1.54) is 11.0 Å². The van der Waals surface area contributed by atoms with Gasteiger partial charge >= 0.3 is 5.97 Å². The molecule has 0 unspecified atom stereocenters. The van der Waals surface area contributed by atoms with Gasteiger partial charge in [0.05, 0.1) is 16.3 Å². The van der Waals surface area contributed by atoms with Gasteiger partial charge in [-0.1, -0.05) is 17.7 Å². The number of ether oxygens (including phenoxy) is 1. The number of likely N-dealkylation sites (N-methyl/N-ethyl adjacent to an activating group) is 1. The van der Waals surface area contributed by atoms with Crippen molar-refractivity contribution in [2.24, 2.45) is 0 Å². The lowest BCUT2D eigenvalue weighted by atomic mass is 10.2. The number of rotatable bonds is 4. The molecule has 1 aromatic rings. The van der Waals surface area contributed by atoms with Crippen LogP contribution in [0.15, 0.2) is 18.2 Å². The largest absolute Gasteiger partial charge is 0.452 e. The summed E-state index contributed by atoms with van der Waals surface area (Å²) in [6.45, 7) is 2.07. The standard InChI is InChI=1S/C12H15ClN2O3/c1-3-15(2)10(16)7-18-12(17)8-5-4-6-9(14)11(8)13/h4-6H,3,7,14H2,1-2H3. The van der Waals surface area contributed by atoms with Gasteiger partial charge in [0.2, 0.25) is 0 Å². The number of nitrogens with two attached hydrogens (primary N) is 1. The Kier molecular flexibility index (Phi) is 4.97. The van der Waals surface area contributed by atoms with Crippen molar-refractivity contribution in [1.29, 1.82) is 0 Å². The zero-order valence-electron chi connectivity index (χ0n) is 10.3. The van der Waals surface area contributed by atoms with Crippen LogP contribution in [0.1, 0.15) is 17.3 Å². The van der Waals surface area contributed by atoms with Crippen LogP contribution >= 0.6 is 11.6 Å². The van der Waals surface area contributed by atoms with E-state index >= 15 is 0 Å². The summed E-state index contributed by atoms with van der Waals surface area (Å²) in [7, 11) is 1.63. The number of halogens is 1. The van der Waals surface area contributed by atoms with Crippen LogP contribution in [-0.2, 0) is 9.53 Å². The summed E-state index contributed by atoms with van der Waals surface area (Å²) >= 11 is 5.87. The normalized spacial score (nSPS) is 9.94. The van der Waals surface area contributed by atoms with Gasteiger partial charge in [-0.05, 0) is 19.1 Å². The summed E-state index contributed by atoms with van der Waals surface area (Å²) in [5.41, 5.74) is 6.02. The molecule has 0 radical (unpaired) electrons. The molecule has 0 aliphatic carbocycles. The van der Waals surface area contributed by atoms with Gasteiger partial charge in [-0.3, -0.25) is 4.79 Å². The Morgan fingerprint density at radius 3 is 2.72 bits per heavy atom. The summed E-state index contributed by atoms with van der Waals surface area (Å²) < 4.78 is 4.88. The average molecular weight is 271 g/mol. The second-order valence-electron chi connectivity index (χ2n) is 3.69. The predicted octanol–water partition coefficient (Wildman–Crippen LogP) is 1.56. The maximum absolute atomic E-state index is 11.7. The van der Waals surface area contributed by atoms with Crippen LogP contribution in [0.4, 0.5) is 5.69 Å². The van der Waals surface area contributed by atoms with E-state index in [0.29, 0.717) is 12.2 Å². The number of anilines is 1. The van der Waals surface area contributed by atoms with E-state index in [4.69, 9.17) is 22.1 Å². The molecular formula is C12H15ClN2O3. The molecule has 1 aromatic carbocycles. The Labute approximate surface area is 110 Å². The average Bonchev–Trinajstić information content (AvgIpc) is 2.37. The Hall–Kier alpha value is -1.75. The van der Waals surface area contributed by atoms with Gasteiger partial charge in [-0.15, -0.1) is 0 Å². The minimum absolute atomic E-state index is 0.138. The Balaban J connectivity index is 2.67. The molecule has 0 aromatic heterocycles. The highest BCUT2D eigenvalue weighted by Crippen LogP contribution is 2.23. The van der Waals surface area contributed by atoms with E-state index in [9.17, 15) is 9.59 Å². The second-order valence-corrected chi connectivity index (χ2v) is 4.07. The number of nitrogens with zero attached hydrogens (tertiary/aromatic N) is 1. The smallest absolute Gasteiger partial charge is 0.340 e. The van der Waals surface area contributed by atoms with Gasteiger partial charge in [-0.25, -0.2) is 4.79 Å². The first-order valence-electron chi connectivity index (χ1n) is 5.42. The Morgan fingerprint density at radius 1 is 1.44 bits per heavy atom. The molecule has 1 rings (SSSR count). The zero-order valence-corrected chi connectivity index (χ0v) is 11.0. The fourth-order valence-electron chi connectivity index (χ4n) is 1.20. The minimum atomic E-state index is -0.662. The first kappa shape index (κ1) is 14.3. The monoisotopic (exact) mass is 270 g/mol. The van der Waals surface area contributed by atoms with Crippen molar-refractivity contribution >= 4 is 29.2 Å². The maximum atomic E-state index is 11.7. The van der Waals surface area contributed by atoms with Crippen molar-refractivity contribution in [1.82, 2.24) is 4.90 Å². The highest BCUT2D eigenvalue weighted by molar-refractivity contribution is 6.36. The van der Waals surface area contributed by atoms with E-state index in [1.54, 1.807) is 19.2 Å². The van der Waals surface area contributed by atoms with Gasteiger partial charge < -0.3 is 15.4 Å². The van der Waals surface area contributed by atoms with E-state index < -0.39 is 5.97 Å². The number of carbonyl (C=O) groups excluding carboxylic acids is 2. The first-order chi connectivity index (χ1) is 8.47. The third-order valence-electron chi connectivity index (χ3n) is 2.48. The SMILES string of the molecule is CCN(C)C(=O)COC(=O)c1cccc(N)c1Cl. The van der Waals surface area contributed by atoms with Gasteiger partial charge in [0, 0.05) is 13.6 Å². The molecule has 6 heteroatoms. The second kappa shape index (κ2) is 6.26. The molecule has 0 atom stereocenters. The molecule has 18 heavy (non-hydrogen) atoms. The number of nitrogen functional groups attached to an aromatic ring is 1. The van der Waals surface area contributed by atoms with Crippen molar-refractivity contribution in [3.63, 3.8) is 0 Å². The predicted molar refractivity (Wildman–Crippen MR) is 69.5 cm³/mol. The molecule has 98 valence electrons. The number of carbonyl (C=O) groups is 2. The molecule has 0 aliphatic rings. The molecule has 0 aliphatic heterocycles.